The fraction of sp³-hybridized carbons (Fsp3) is 0.100. The maximum absolute atomic E-state index is 11.8. The molecule has 3 aromatic rings. The topological polar surface area (TPSA) is 73.3 Å². The van der Waals surface area contributed by atoms with E-state index in [4.69, 9.17) is 5.73 Å². The van der Waals surface area contributed by atoms with Crippen LogP contribution in [0.4, 0.5) is 5.69 Å². The third kappa shape index (κ3) is 0.890. The Morgan fingerprint density at radius 2 is 2.20 bits per heavy atom. The number of benzene rings is 1. The van der Waals surface area contributed by atoms with Gasteiger partial charge in [0.05, 0.1) is 16.6 Å². The Morgan fingerprint density at radius 1 is 1.40 bits per heavy atom. The fourth-order valence-electron chi connectivity index (χ4n) is 1.87. The summed E-state index contributed by atoms with van der Waals surface area (Å²) in [6.07, 6.45) is 1.46. The van der Waals surface area contributed by atoms with E-state index in [9.17, 15) is 4.79 Å². The van der Waals surface area contributed by atoms with Crippen LogP contribution in [0.3, 0.4) is 0 Å². The highest BCUT2D eigenvalue weighted by molar-refractivity contribution is 5.96. The van der Waals surface area contributed by atoms with Crippen LogP contribution in [0.1, 0.15) is 5.69 Å². The number of nitrogens with zero attached hydrogens (tertiary/aromatic N) is 3. The number of hydrogen-bond donors (Lipinski definition) is 1. The molecule has 2 N–H and O–H groups in total. The van der Waals surface area contributed by atoms with Crippen LogP contribution in [0, 0.1) is 6.92 Å². The van der Waals surface area contributed by atoms with E-state index >= 15 is 0 Å². The minimum absolute atomic E-state index is 0.150. The third-order valence-corrected chi connectivity index (χ3v) is 2.56. The molecule has 0 amide bonds. The van der Waals surface area contributed by atoms with Crippen LogP contribution >= 0.6 is 0 Å². The minimum atomic E-state index is -0.150. The van der Waals surface area contributed by atoms with E-state index < -0.39 is 0 Å². The lowest BCUT2D eigenvalue weighted by atomic mass is 10.2. The monoisotopic (exact) mass is 200 g/mol. The summed E-state index contributed by atoms with van der Waals surface area (Å²) in [7, 11) is 0. The van der Waals surface area contributed by atoms with Gasteiger partial charge in [-0.15, -0.1) is 0 Å². The van der Waals surface area contributed by atoms with Gasteiger partial charge in [-0.05, 0) is 19.1 Å². The Hall–Kier alpha value is -2.17. The number of hydrogen-bond acceptors (Lipinski definition) is 4. The smallest absolute Gasteiger partial charge is 0.211 e. The van der Waals surface area contributed by atoms with Gasteiger partial charge < -0.3 is 5.73 Å². The molecule has 5 heteroatoms. The molecule has 0 saturated heterocycles. The summed E-state index contributed by atoms with van der Waals surface area (Å²) >= 11 is 0. The lowest BCUT2D eigenvalue weighted by Gasteiger charge is -1.99. The minimum Gasteiger partial charge on any atom is -0.395 e. The largest absolute Gasteiger partial charge is 0.395 e. The molecule has 1 aromatic carbocycles. The van der Waals surface area contributed by atoms with Crippen molar-refractivity contribution in [2.75, 3.05) is 5.73 Å². The molecule has 0 aliphatic carbocycles. The molecule has 0 atom stereocenters. The van der Waals surface area contributed by atoms with Crippen LogP contribution in [0.5, 0.6) is 0 Å². The molecule has 0 unspecified atom stereocenters. The summed E-state index contributed by atoms with van der Waals surface area (Å²) in [6, 6.07) is 3.38. The first-order valence-electron chi connectivity index (χ1n) is 4.53. The Balaban J connectivity index is 2.77. The average Bonchev–Trinajstić information content (AvgIpc) is 2.55. The first-order valence-corrected chi connectivity index (χ1v) is 4.53. The van der Waals surface area contributed by atoms with Gasteiger partial charge in [0, 0.05) is 5.69 Å². The van der Waals surface area contributed by atoms with Crippen molar-refractivity contribution < 1.29 is 0 Å². The lowest BCUT2D eigenvalue weighted by molar-refractivity contribution is 0.882. The molecule has 0 bridgehead atoms. The molecule has 15 heavy (non-hydrogen) atoms. The van der Waals surface area contributed by atoms with E-state index in [2.05, 4.69) is 10.1 Å². The summed E-state index contributed by atoms with van der Waals surface area (Å²) in [6.45, 7) is 1.89. The quantitative estimate of drug-likeness (QED) is 0.538. The molecule has 74 valence electrons. The molecule has 3 rings (SSSR count). The summed E-state index contributed by atoms with van der Waals surface area (Å²) in [5, 5.41) is 4.67. The first kappa shape index (κ1) is 8.16. The second kappa shape index (κ2) is 2.44. The van der Waals surface area contributed by atoms with E-state index in [1.165, 1.54) is 6.33 Å². The molecule has 0 saturated carbocycles. The van der Waals surface area contributed by atoms with E-state index in [1.54, 1.807) is 16.6 Å². The van der Waals surface area contributed by atoms with Crippen LogP contribution in [0.2, 0.25) is 0 Å². The standard InChI is InChI=1S/C10H8N4O/c1-5-2-6-9-8(3-7(11)10(6)15)12-4-13-14(5)9/h2-4H,11H2,1H3. The van der Waals surface area contributed by atoms with Crippen LogP contribution in [0.15, 0.2) is 23.3 Å². The summed E-state index contributed by atoms with van der Waals surface area (Å²) in [5.74, 6) is 0. The van der Waals surface area contributed by atoms with Gasteiger partial charge in [0.2, 0.25) is 5.43 Å². The number of aryl methyl sites for hydroxylation is 1. The summed E-state index contributed by atoms with van der Waals surface area (Å²) < 4.78 is 1.71. The van der Waals surface area contributed by atoms with Crippen molar-refractivity contribution in [1.82, 2.24) is 14.6 Å². The van der Waals surface area contributed by atoms with E-state index in [0.717, 1.165) is 11.2 Å². The SMILES string of the molecule is Cc1cc2c(=O)c(N)cc3ncnn1c32. The van der Waals surface area contributed by atoms with E-state index in [-0.39, 0.29) is 11.1 Å². The van der Waals surface area contributed by atoms with Gasteiger partial charge in [-0.25, -0.2) is 9.50 Å². The molecule has 0 fully saturated rings. The summed E-state index contributed by atoms with van der Waals surface area (Å²) in [4.78, 5) is 15.8. The number of nitrogens with two attached hydrogens (primary N) is 1. The average molecular weight is 200 g/mol. The summed E-state index contributed by atoms with van der Waals surface area (Å²) in [5.41, 5.74) is 8.05. The maximum atomic E-state index is 11.8. The van der Waals surface area contributed by atoms with Crippen LogP contribution in [-0.4, -0.2) is 14.6 Å². The molecule has 0 aliphatic heterocycles. The molecule has 0 spiro atoms. The molecular weight excluding hydrogens is 192 g/mol. The van der Waals surface area contributed by atoms with Crippen molar-refractivity contribution in [3.05, 3.63) is 34.4 Å². The highest BCUT2D eigenvalue weighted by Crippen LogP contribution is 2.20. The maximum Gasteiger partial charge on any atom is 0.211 e. The Labute approximate surface area is 84.5 Å². The predicted octanol–water partition coefficient (Wildman–Crippen LogP) is 0.571. The van der Waals surface area contributed by atoms with Crippen LogP contribution in [-0.2, 0) is 0 Å². The van der Waals surface area contributed by atoms with Gasteiger partial charge in [0.25, 0.3) is 0 Å². The van der Waals surface area contributed by atoms with Crippen molar-refractivity contribution in [3.63, 3.8) is 0 Å². The van der Waals surface area contributed by atoms with Gasteiger partial charge in [-0.2, -0.15) is 5.10 Å². The molecular formula is C10H8N4O. The Kier molecular flexibility index (Phi) is 1.33. The normalized spacial score (nSPS) is 11.5. The molecule has 2 aromatic heterocycles. The van der Waals surface area contributed by atoms with Gasteiger partial charge in [-0.3, -0.25) is 4.79 Å². The number of anilines is 1. The predicted molar refractivity (Wildman–Crippen MR) is 57.1 cm³/mol. The Bertz CT molecular complexity index is 716. The number of aromatic nitrogens is 3. The zero-order chi connectivity index (χ0) is 10.6. The van der Waals surface area contributed by atoms with Crippen molar-refractivity contribution in [2.45, 2.75) is 6.92 Å². The van der Waals surface area contributed by atoms with Gasteiger partial charge in [0.1, 0.15) is 11.8 Å². The van der Waals surface area contributed by atoms with Crippen molar-refractivity contribution in [2.24, 2.45) is 0 Å². The van der Waals surface area contributed by atoms with Crippen LogP contribution < -0.4 is 11.2 Å². The second-order valence-corrected chi connectivity index (χ2v) is 3.53. The number of rotatable bonds is 0. The molecule has 0 aliphatic rings. The Morgan fingerprint density at radius 3 is 3.00 bits per heavy atom. The fourth-order valence-corrected chi connectivity index (χ4v) is 1.87. The highest BCUT2D eigenvalue weighted by atomic mass is 16.1. The van der Waals surface area contributed by atoms with Gasteiger partial charge in [0.15, 0.2) is 0 Å². The van der Waals surface area contributed by atoms with Crippen molar-refractivity contribution in [1.29, 1.82) is 0 Å². The second-order valence-electron chi connectivity index (χ2n) is 3.53. The lowest BCUT2D eigenvalue weighted by Crippen LogP contribution is -2.08. The molecule has 5 nitrogen and oxygen atoms in total. The van der Waals surface area contributed by atoms with Crippen molar-refractivity contribution in [3.8, 4) is 0 Å². The highest BCUT2D eigenvalue weighted by Gasteiger charge is 2.12. The van der Waals surface area contributed by atoms with Crippen LogP contribution in [0.25, 0.3) is 16.4 Å². The first-order chi connectivity index (χ1) is 7.18. The zero-order valence-corrected chi connectivity index (χ0v) is 8.06. The molecule has 0 radical (unpaired) electrons. The molecule has 2 heterocycles. The third-order valence-electron chi connectivity index (χ3n) is 2.56. The van der Waals surface area contributed by atoms with Gasteiger partial charge >= 0.3 is 0 Å². The van der Waals surface area contributed by atoms with E-state index in [0.29, 0.717) is 10.9 Å². The number of nitrogen functional groups attached to an aromatic ring is 1. The van der Waals surface area contributed by atoms with Crippen molar-refractivity contribution >= 4 is 22.1 Å². The zero-order valence-electron chi connectivity index (χ0n) is 8.06. The van der Waals surface area contributed by atoms with E-state index in [1.807, 2.05) is 6.92 Å². The van der Waals surface area contributed by atoms with Gasteiger partial charge in [-0.1, -0.05) is 0 Å².